The number of thioether (sulfide) groups is 1. The number of esters is 1. The van der Waals surface area contributed by atoms with Crippen LogP contribution in [0.25, 0.3) is 0 Å². The largest absolute Gasteiger partial charge is 0.466 e. The van der Waals surface area contributed by atoms with Crippen LogP contribution < -0.4 is 0 Å². The smallest absolute Gasteiger partial charge is 0.309 e. The van der Waals surface area contributed by atoms with Crippen LogP contribution >= 0.6 is 11.8 Å². The molecule has 8 heteroatoms. The minimum atomic E-state index is -0.160. The van der Waals surface area contributed by atoms with Crippen LogP contribution in [0.1, 0.15) is 47.1 Å². The number of piperidine rings is 1. The summed E-state index contributed by atoms with van der Waals surface area (Å²) in [6, 6.07) is 3.58. The van der Waals surface area contributed by atoms with Gasteiger partial charge in [0.2, 0.25) is 0 Å². The Morgan fingerprint density at radius 1 is 1.32 bits per heavy atom. The van der Waals surface area contributed by atoms with Crippen molar-refractivity contribution in [1.29, 1.82) is 0 Å². The molecule has 150 valence electrons. The van der Waals surface area contributed by atoms with Crippen molar-refractivity contribution in [2.75, 3.05) is 19.7 Å². The number of likely N-dealkylation sites (tertiary alicyclic amines) is 1. The van der Waals surface area contributed by atoms with E-state index in [-0.39, 0.29) is 17.8 Å². The molecule has 1 aliphatic heterocycles. The van der Waals surface area contributed by atoms with Gasteiger partial charge in [0.05, 0.1) is 23.8 Å². The second-order valence-corrected chi connectivity index (χ2v) is 7.73. The Labute approximate surface area is 168 Å². The van der Waals surface area contributed by atoms with Crippen molar-refractivity contribution in [2.45, 2.75) is 44.4 Å². The van der Waals surface area contributed by atoms with Crippen molar-refractivity contribution in [3.63, 3.8) is 0 Å². The van der Waals surface area contributed by atoms with Gasteiger partial charge in [-0.05, 0) is 45.7 Å². The molecule has 1 amide bonds. The van der Waals surface area contributed by atoms with Crippen molar-refractivity contribution in [1.82, 2.24) is 15.0 Å². The zero-order valence-electron chi connectivity index (χ0n) is 16.4. The average Bonchev–Trinajstić information content (AvgIpc) is 3.04. The fraction of sp³-hybridized carbons (Fsp3) is 0.500. The summed E-state index contributed by atoms with van der Waals surface area (Å²) in [7, 11) is 0. The maximum atomic E-state index is 13.0. The lowest BCUT2D eigenvalue weighted by Gasteiger charge is -2.31. The normalized spacial score (nSPS) is 14.9. The van der Waals surface area contributed by atoms with Gasteiger partial charge in [-0.25, -0.2) is 4.98 Å². The summed E-state index contributed by atoms with van der Waals surface area (Å²) in [5.41, 5.74) is 2.48. The molecule has 1 fully saturated rings. The fourth-order valence-corrected chi connectivity index (χ4v) is 4.41. The molecule has 7 nitrogen and oxygen atoms in total. The molecular weight excluding hydrogens is 378 g/mol. The molecule has 0 radical (unpaired) electrons. The van der Waals surface area contributed by atoms with E-state index in [1.807, 2.05) is 19.9 Å². The molecule has 2 aromatic rings. The van der Waals surface area contributed by atoms with Gasteiger partial charge < -0.3 is 14.2 Å². The predicted octanol–water partition coefficient (Wildman–Crippen LogP) is 3.39. The minimum absolute atomic E-state index is 0.0447. The highest BCUT2D eigenvalue weighted by Gasteiger charge is 2.29. The number of carbonyl (C=O) groups is 2. The lowest BCUT2D eigenvalue weighted by Crippen LogP contribution is -2.40. The first kappa shape index (κ1) is 20.4. The maximum Gasteiger partial charge on any atom is 0.309 e. The van der Waals surface area contributed by atoms with E-state index in [9.17, 15) is 9.59 Å². The Kier molecular flexibility index (Phi) is 6.72. The number of ether oxygens (including phenoxy) is 1. The van der Waals surface area contributed by atoms with Crippen LogP contribution in [0.5, 0.6) is 0 Å². The second-order valence-electron chi connectivity index (χ2n) is 6.77. The summed E-state index contributed by atoms with van der Waals surface area (Å²) in [5.74, 6) is 1.10. The van der Waals surface area contributed by atoms with Gasteiger partial charge in [0.1, 0.15) is 10.8 Å². The monoisotopic (exact) mass is 403 g/mol. The molecule has 0 N–H and O–H groups in total. The van der Waals surface area contributed by atoms with E-state index in [0.717, 1.165) is 17.0 Å². The van der Waals surface area contributed by atoms with Gasteiger partial charge in [-0.15, -0.1) is 11.8 Å². The van der Waals surface area contributed by atoms with Gasteiger partial charge in [-0.2, -0.15) is 0 Å². The SMILES string of the molecule is CCOC(=O)C1CCN(C(=O)c2cccnc2SCc2c(C)noc2C)CC1. The molecule has 3 rings (SSSR count). The van der Waals surface area contributed by atoms with Crippen LogP contribution in [0.3, 0.4) is 0 Å². The lowest BCUT2D eigenvalue weighted by atomic mass is 9.96. The van der Waals surface area contributed by atoms with Gasteiger partial charge in [0, 0.05) is 30.6 Å². The number of amides is 1. The minimum Gasteiger partial charge on any atom is -0.466 e. The topological polar surface area (TPSA) is 85.5 Å². The highest BCUT2D eigenvalue weighted by atomic mass is 32.2. The Morgan fingerprint density at radius 2 is 2.07 bits per heavy atom. The molecule has 0 saturated carbocycles. The number of hydrogen-bond donors (Lipinski definition) is 0. The van der Waals surface area contributed by atoms with Gasteiger partial charge >= 0.3 is 5.97 Å². The third-order valence-electron chi connectivity index (χ3n) is 4.94. The second kappa shape index (κ2) is 9.23. The van der Waals surface area contributed by atoms with E-state index in [1.54, 1.807) is 24.1 Å². The van der Waals surface area contributed by atoms with Gasteiger partial charge in [0.15, 0.2) is 0 Å². The van der Waals surface area contributed by atoms with E-state index in [2.05, 4.69) is 10.1 Å². The summed E-state index contributed by atoms with van der Waals surface area (Å²) in [4.78, 5) is 31.2. The number of carbonyl (C=O) groups excluding carboxylic acids is 2. The molecule has 28 heavy (non-hydrogen) atoms. The molecular formula is C20H25N3O4S. The molecule has 2 aromatic heterocycles. The van der Waals surface area contributed by atoms with E-state index in [0.29, 0.717) is 48.9 Å². The van der Waals surface area contributed by atoms with Crippen LogP contribution in [-0.2, 0) is 15.3 Å². The van der Waals surface area contributed by atoms with Gasteiger partial charge in [0.25, 0.3) is 5.91 Å². The lowest BCUT2D eigenvalue weighted by molar-refractivity contribution is -0.149. The number of hydrogen-bond acceptors (Lipinski definition) is 7. The Hall–Kier alpha value is -2.35. The number of aryl methyl sites for hydroxylation is 2. The van der Waals surface area contributed by atoms with Gasteiger partial charge in [-0.1, -0.05) is 5.16 Å². The average molecular weight is 404 g/mol. The number of nitrogens with zero attached hydrogens (tertiary/aromatic N) is 3. The number of pyridine rings is 1. The van der Waals surface area contributed by atoms with E-state index in [1.165, 1.54) is 11.8 Å². The standard InChI is InChI=1S/C20H25N3O4S/c1-4-26-20(25)15-7-10-23(11-8-15)19(24)16-6-5-9-21-18(16)28-12-17-13(2)22-27-14(17)3/h5-6,9,15H,4,7-8,10-12H2,1-3H3. The van der Waals surface area contributed by atoms with Crippen molar-refractivity contribution < 1.29 is 18.8 Å². The van der Waals surface area contributed by atoms with Crippen LogP contribution in [0, 0.1) is 19.8 Å². The van der Waals surface area contributed by atoms with Gasteiger partial charge in [-0.3, -0.25) is 9.59 Å². The summed E-state index contributed by atoms with van der Waals surface area (Å²) in [6.45, 7) is 7.08. The van der Waals surface area contributed by atoms with Crippen molar-refractivity contribution >= 4 is 23.6 Å². The quantitative estimate of drug-likeness (QED) is 0.540. The summed E-state index contributed by atoms with van der Waals surface area (Å²) in [6.07, 6.45) is 2.96. The maximum absolute atomic E-state index is 13.0. The molecule has 0 bridgehead atoms. The van der Waals surface area contributed by atoms with Crippen molar-refractivity contribution in [3.05, 3.63) is 40.9 Å². The Morgan fingerprint density at radius 3 is 2.71 bits per heavy atom. The highest BCUT2D eigenvalue weighted by molar-refractivity contribution is 7.98. The third kappa shape index (κ3) is 4.55. The third-order valence-corrected chi connectivity index (χ3v) is 5.97. The van der Waals surface area contributed by atoms with E-state index < -0.39 is 0 Å². The first-order chi connectivity index (χ1) is 13.5. The highest BCUT2D eigenvalue weighted by Crippen LogP contribution is 2.29. The van der Waals surface area contributed by atoms with Crippen LogP contribution in [-0.4, -0.2) is 46.6 Å². The predicted molar refractivity (Wildman–Crippen MR) is 105 cm³/mol. The molecule has 1 saturated heterocycles. The first-order valence-electron chi connectivity index (χ1n) is 9.46. The Balaban J connectivity index is 1.66. The van der Waals surface area contributed by atoms with Crippen molar-refractivity contribution in [3.8, 4) is 0 Å². The summed E-state index contributed by atoms with van der Waals surface area (Å²) < 4.78 is 10.3. The molecule has 0 atom stereocenters. The molecule has 1 aliphatic rings. The summed E-state index contributed by atoms with van der Waals surface area (Å²) >= 11 is 1.50. The van der Waals surface area contributed by atoms with Crippen molar-refractivity contribution in [2.24, 2.45) is 5.92 Å². The molecule has 3 heterocycles. The molecule has 0 aliphatic carbocycles. The van der Waals surface area contributed by atoms with Crippen LogP contribution in [0.2, 0.25) is 0 Å². The molecule has 0 spiro atoms. The molecule has 0 aromatic carbocycles. The fourth-order valence-electron chi connectivity index (χ4n) is 3.27. The summed E-state index contributed by atoms with van der Waals surface area (Å²) in [5, 5.41) is 4.67. The van der Waals surface area contributed by atoms with Crippen LogP contribution in [0.15, 0.2) is 27.9 Å². The Bertz CT molecular complexity index is 824. The molecule has 0 unspecified atom stereocenters. The zero-order valence-corrected chi connectivity index (χ0v) is 17.3. The van der Waals surface area contributed by atoms with E-state index in [4.69, 9.17) is 9.26 Å². The van der Waals surface area contributed by atoms with Crippen LogP contribution in [0.4, 0.5) is 0 Å². The van der Waals surface area contributed by atoms with E-state index >= 15 is 0 Å². The zero-order chi connectivity index (χ0) is 20.1. The number of rotatable bonds is 6. The number of aromatic nitrogens is 2. The first-order valence-corrected chi connectivity index (χ1v) is 10.4.